The molecule has 3 rings (SSSR count). The van der Waals surface area contributed by atoms with E-state index in [-0.39, 0.29) is 16.4 Å². The maximum absolute atomic E-state index is 14.2. The predicted octanol–water partition coefficient (Wildman–Crippen LogP) is 6.16. The van der Waals surface area contributed by atoms with Gasteiger partial charge >= 0.3 is 5.97 Å². The summed E-state index contributed by atoms with van der Waals surface area (Å²) in [4.78, 5) is 11.0. The van der Waals surface area contributed by atoms with Gasteiger partial charge in [0, 0.05) is 10.8 Å². The van der Waals surface area contributed by atoms with Crippen molar-refractivity contribution in [3.8, 4) is 0 Å². The molecular formula is C24H24F2O2. The van der Waals surface area contributed by atoms with Crippen LogP contribution in [-0.2, 0) is 10.8 Å². The van der Waals surface area contributed by atoms with Crippen molar-refractivity contribution in [2.24, 2.45) is 0 Å². The van der Waals surface area contributed by atoms with Gasteiger partial charge in [-0.1, -0.05) is 52.5 Å². The molecule has 0 unspecified atom stereocenters. The number of halogens is 2. The summed E-state index contributed by atoms with van der Waals surface area (Å²) in [6, 6.07) is 6.21. The van der Waals surface area contributed by atoms with Crippen molar-refractivity contribution in [1.29, 1.82) is 0 Å². The number of carbonyl (C=O) groups is 1. The van der Waals surface area contributed by atoms with Gasteiger partial charge in [-0.15, -0.1) is 0 Å². The fourth-order valence-corrected chi connectivity index (χ4v) is 3.80. The van der Waals surface area contributed by atoms with Crippen LogP contribution in [0.25, 0.3) is 5.57 Å². The number of rotatable bonds is 3. The minimum atomic E-state index is -1.63. The molecule has 1 aliphatic carbocycles. The summed E-state index contributed by atoms with van der Waals surface area (Å²) in [5.41, 5.74) is 3.54. The summed E-state index contributed by atoms with van der Waals surface area (Å²) in [6.07, 6.45) is 4.39. The van der Waals surface area contributed by atoms with Crippen molar-refractivity contribution < 1.29 is 18.7 Å². The van der Waals surface area contributed by atoms with E-state index in [1.165, 1.54) is 5.56 Å². The number of fused-ring (bicyclic) bond motifs is 1. The Morgan fingerprint density at radius 3 is 1.86 bits per heavy atom. The molecule has 1 N–H and O–H groups in total. The Kier molecular flexibility index (Phi) is 4.57. The summed E-state index contributed by atoms with van der Waals surface area (Å²) in [6.45, 7) is 14.6. The zero-order chi connectivity index (χ0) is 21.0. The minimum Gasteiger partial charge on any atom is -0.477 e. The third-order valence-electron chi connectivity index (χ3n) is 5.60. The van der Waals surface area contributed by atoms with Gasteiger partial charge in [0.1, 0.15) is 17.2 Å². The van der Waals surface area contributed by atoms with Crippen LogP contribution in [-0.4, -0.2) is 11.1 Å². The van der Waals surface area contributed by atoms with Crippen LogP contribution in [0.2, 0.25) is 0 Å². The van der Waals surface area contributed by atoms with Gasteiger partial charge in [-0.2, -0.15) is 0 Å². The minimum absolute atomic E-state index is 0.114. The van der Waals surface area contributed by atoms with E-state index < -0.39 is 23.2 Å². The first-order valence-corrected chi connectivity index (χ1v) is 9.13. The highest BCUT2D eigenvalue weighted by molar-refractivity contribution is 5.89. The molecule has 1 aliphatic rings. The van der Waals surface area contributed by atoms with Gasteiger partial charge in [0.2, 0.25) is 0 Å². The first-order chi connectivity index (χ1) is 12.8. The van der Waals surface area contributed by atoms with E-state index in [0.29, 0.717) is 5.57 Å². The van der Waals surface area contributed by atoms with E-state index >= 15 is 0 Å². The van der Waals surface area contributed by atoms with Gasteiger partial charge in [0.05, 0.1) is 0 Å². The van der Waals surface area contributed by atoms with Gasteiger partial charge in [0.25, 0.3) is 0 Å². The summed E-state index contributed by atoms with van der Waals surface area (Å²) in [5, 5.41) is 8.97. The molecule has 2 aromatic rings. The van der Waals surface area contributed by atoms with Crippen molar-refractivity contribution in [2.75, 3.05) is 0 Å². The molecule has 28 heavy (non-hydrogen) atoms. The first-order valence-electron chi connectivity index (χ1n) is 9.13. The molecule has 0 saturated heterocycles. The summed E-state index contributed by atoms with van der Waals surface area (Å²) in [5.74, 6) is -3.85. The van der Waals surface area contributed by atoms with Gasteiger partial charge in [-0.3, -0.25) is 0 Å². The third kappa shape index (κ3) is 3.17. The molecule has 0 fully saturated rings. The van der Waals surface area contributed by atoms with Crippen LogP contribution < -0.4 is 0 Å². The molecule has 0 saturated carbocycles. The maximum atomic E-state index is 14.2. The summed E-state index contributed by atoms with van der Waals surface area (Å²) in [7, 11) is 0. The van der Waals surface area contributed by atoms with Crippen LogP contribution in [0.4, 0.5) is 8.78 Å². The van der Waals surface area contributed by atoms with Crippen molar-refractivity contribution in [3.63, 3.8) is 0 Å². The van der Waals surface area contributed by atoms with E-state index in [9.17, 15) is 13.6 Å². The number of allylic oxidation sites excluding steroid dienone is 2. The molecule has 0 heterocycles. The van der Waals surface area contributed by atoms with Crippen LogP contribution in [0.15, 0.2) is 43.0 Å². The fraction of sp³-hybridized carbons (Fsp3) is 0.292. The Morgan fingerprint density at radius 2 is 1.39 bits per heavy atom. The Balaban J connectivity index is 2.16. The van der Waals surface area contributed by atoms with Crippen molar-refractivity contribution in [2.45, 2.75) is 45.4 Å². The topological polar surface area (TPSA) is 37.3 Å². The third-order valence-corrected chi connectivity index (χ3v) is 5.60. The molecule has 0 radical (unpaired) electrons. The number of benzene rings is 2. The largest absolute Gasteiger partial charge is 0.477 e. The van der Waals surface area contributed by atoms with Gasteiger partial charge in [-0.05, 0) is 58.5 Å². The molecule has 0 amide bonds. The lowest BCUT2D eigenvalue weighted by Crippen LogP contribution is -2.29. The predicted molar refractivity (Wildman–Crippen MR) is 108 cm³/mol. The average molecular weight is 382 g/mol. The Labute approximate surface area is 164 Å². The van der Waals surface area contributed by atoms with Crippen molar-refractivity contribution >= 4 is 11.5 Å². The maximum Gasteiger partial charge on any atom is 0.341 e. The van der Waals surface area contributed by atoms with E-state index in [2.05, 4.69) is 52.5 Å². The van der Waals surface area contributed by atoms with E-state index in [0.717, 1.165) is 28.8 Å². The van der Waals surface area contributed by atoms with E-state index in [1.54, 1.807) is 0 Å². The van der Waals surface area contributed by atoms with Gasteiger partial charge in [0.15, 0.2) is 0 Å². The lowest BCUT2D eigenvalue weighted by Gasteiger charge is -2.37. The van der Waals surface area contributed by atoms with Gasteiger partial charge in [-0.25, -0.2) is 13.6 Å². The van der Waals surface area contributed by atoms with Crippen LogP contribution in [0, 0.1) is 18.6 Å². The SMILES string of the molecule is C=C(c1cc(F)c(C(=O)O)c(F)c1)c1cc2c(cc1C)C(C)(C)C=CC2(C)C. The number of carboxylic acids is 1. The van der Waals surface area contributed by atoms with Gasteiger partial charge < -0.3 is 5.11 Å². The highest BCUT2D eigenvalue weighted by Gasteiger charge is 2.33. The van der Waals surface area contributed by atoms with Crippen molar-refractivity contribution in [3.05, 3.63) is 88.0 Å². The lowest BCUT2D eigenvalue weighted by molar-refractivity contribution is 0.0686. The number of aryl methyl sites for hydroxylation is 1. The normalized spacial score (nSPS) is 16.5. The second-order valence-electron chi connectivity index (χ2n) is 8.59. The first kappa shape index (κ1) is 20.0. The second kappa shape index (κ2) is 6.40. The molecule has 0 aliphatic heterocycles. The standard InChI is InChI=1S/C24H24F2O2/c1-13-9-17-18(24(5,6)8-7-23(17,3)4)12-16(13)14(2)15-10-19(25)21(22(27)28)20(26)11-15/h7-12H,2H2,1,3-6H3,(H,27,28). The molecule has 2 aromatic carbocycles. The highest BCUT2D eigenvalue weighted by atomic mass is 19.1. The molecule has 0 atom stereocenters. The molecule has 4 heteroatoms. The monoisotopic (exact) mass is 382 g/mol. The van der Waals surface area contributed by atoms with Crippen LogP contribution in [0.3, 0.4) is 0 Å². The second-order valence-corrected chi connectivity index (χ2v) is 8.59. The zero-order valence-corrected chi connectivity index (χ0v) is 16.8. The number of hydrogen-bond donors (Lipinski definition) is 1. The molecule has 0 bridgehead atoms. The molecule has 0 spiro atoms. The van der Waals surface area contributed by atoms with Crippen LogP contribution in [0.5, 0.6) is 0 Å². The van der Waals surface area contributed by atoms with E-state index in [4.69, 9.17) is 5.11 Å². The zero-order valence-electron chi connectivity index (χ0n) is 16.8. The molecule has 2 nitrogen and oxygen atoms in total. The van der Waals surface area contributed by atoms with Crippen LogP contribution in [0.1, 0.15) is 65.9 Å². The molecule has 0 aromatic heterocycles. The van der Waals surface area contributed by atoms with Crippen molar-refractivity contribution in [1.82, 2.24) is 0 Å². The number of aromatic carboxylic acids is 1. The quantitative estimate of drug-likeness (QED) is 0.646. The highest BCUT2D eigenvalue weighted by Crippen LogP contribution is 2.43. The Hall–Kier alpha value is -2.75. The Bertz CT molecular complexity index is 1020. The van der Waals surface area contributed by atoms with Crippen LogP contribution >= 0.6 is 0 Å². The smallest absolute Gasteiger partial charge is 0.341 e. The number of carboxylic acid groups (broad SMARTS) is 1. The Morgan fingerprint density at radius 1 is 0.929 bits per heavy atom. The number of hydrogen-bond acceptors (Lipinski definition) is 1. The molecule has 146 valence electrons. The fourth-order valence-electron chi connectivity index (χ4n) is 3.80. The average Bonchev–Trinajstić information content (AvgIpc) is 2.57. The lowest BCUT2D eigenvalue weighted by atomic mass is 9.67. The molecular weight excluding hydrogens is 358 g/mol. The summed E-state index contributed by atoms with van der Waals surface area (Å²) >= 11 is 0. The summed E-state index contributed by atoms with van der Waals surface area (Å²) < 4.78 is 28.3. The van der Waals surface area contributed by atoms with E-state index in [1.807, 2.05) is 13.0 Å².